The number of amides is 1. The van der Waals surface area contributed by atoms with Crippen molar-refractivity contribution in [1.29, 1.82) is 0 Å². The number of nitrogens with zero attached hydrogens (tertiary/aromatic N) is 3. The fraction of sp³-hybridized carbons (Fsp3) is 0.357. The van der Waals surface area contributed by atoms with Crippen LogP contribution >= 0.6 is 11.8 Å². The van der Waals surface area contributed by atoms with Crippen molar-refractivity contribution in [2.75, 3.05) is 11.1 Å². The largest absolute Gasteiger partial charge is 0.320 e. The minimum absolute atomic E-state index is 0.0125. The van der Waals surface area contributed by atoms with E-state index in [1.807, 2.05) is 11.5 Å². The SMILES string of the molecule is Cc1nnc(SCC(=O)Nc2c(F)cccc2F)n1C1CC1. The molecule has 116 valence electrons. The second kappa shape index (κ2) is 6.04. The van der Waals surface area contributed by atoms with Crippen molar-refractivity contribution in [3.8, 4) is 0 Å². The number of hydrogen-bond acceptors (Lipinski definition) is 4. The molecular formula is C14H14F2N4OS. The molecule has 1 fully saturated rings. The highest BCUT2D eigenvalue weighted by molar-refractivity contribution is 7.99. The Kier molecular flexibility index (Phi) is 4.10. The van der Waals surface area contributed by atoms with E-state index >= 15 is 0 Å². The molecule has 1 aromatic heterocycles. The summed E-state index contributed by atoms with van der Waals surface area (Å²) in [5, 5.41) is 11.0. The maximum absolute atomic E-state index is 13.5. The van der Waals surface area contributed by atoms with Gasteiger partial charge >= 0.3 is 0 Å². The Morgan fingerprint density at radius 2 is 2.05 bits per heavy atom. The van der Waals surface area contributed by atoms with Gasteiger partial charge in [-0.2, -0.15) is 0 Å². The lowest BCUT2D eigenvalue weighted by Crippen LogP contribution is -2.16. The van der Waals surface area contributed by atoms with Gasteiger partial charge in [0.25, 0.3) is 0 Å². The van der Waals surface area contributed by atoms with Gasteiger partial charge in [-0.1, -0.05) is 17.8 Å². The zero-order valence-corrected chi connectivity index (χ0v) is 12.7. The summed E-state index contributed by atoms with van der Waals surface area (Å²) in [5.74, 6) is -1.26. The smallest absolute Gasteiger partial charge is 0.235 e. The van der Waals surface area contributed by atoms with Gasteiger partial charge in [-0.05, 0) is 31.9 Å². The number of carbonyl (C=O) groups excluding carboxylic acids is 1. The van der Waals surface area contributed by atoms with Crippen LogP contribution in [0.1, 0.15) is 24.7 Å². The van der Waals surface area contributed by atoms with Crippen LogP contribution in [0.4, 0.5) is 14.5 Å². The first-order chi connectivity index (χ1) is 10.6. The number of anilines is 1. The van der Waals surface area contributed by atoms with E-state index in [0.717, 1.165) is 30.8 Å². The number of rotatable bonds is 5. The number of aryl methyl sites for hydroxylation is 1. The second-order valence-electron chi connectivity index (χ2n) is 5.06. The number of aromatic nitrogens is 3. The summed E-state index contributed by atoms with van der Waals surface area (Å²) < 4.78 is 28.9. The number of thioether (sulfide) groups is 1. The summed E-state index contributed by atoms with van der Waals surface area (Å²) in [7, 11) is 0. The average molecular weight is 324 g/mol. The first-order valence-electron chi connectivity index (χ1n) is 6.84. The van der Waals surface area contributed by atoms with Crippen LogP contribution in [0, 0.1) is 18.6 Å². The molecule has 0 bridgehead atoms. The molecule has 1 saturated carbocycles. The Balaban J connectivity index is 1.63. The molecule has 8 heteroatoms. The minimum Gasteiger partial charge on any atom is -0.320 e. The van der Waals surface area contributed by atoms with Crippen LogP contribution in [0.15, 0.2) is 23.4 Å². The fourth-order valence-electron chi connectivity index (χ4n) is 2.12. The predicted octanol–water partition coefficient (Wildman–Crippen LogP) is 2.93. The number of nitrogens with one attached hydrogen (secondary N) is 1. The summed E-state index contributed by atoms with van der Waals surface area (Å²) in [6.45, 7) is 1.87. The first kappa shape index (κ1) is 15.0. The Bertz CT molecular complexity index is 695. The van der Waals surface area contributed by atoms with Gasteiger partial charge in [0, 0.05) is 6.04 Å². The van der Waals surface area contributed by atoms with E-state index in [1.165, 1.54) is 17.8 Å². The van der Waals surface area contributed by atoms with Crippen molar-refractivity contribution in [1.82, 2.24) is 14.8 Å². The van der Waals surface area contributed by atoms with Crippen molar-refractivity contribution in [3.05, 3.63) is 35.7 Å². The van der Waals surface area contributed by atoms with Gasteiger partial charge in [-0.3, -0.25) is 4.79 Å². The minimum atomic E-state index is -0.796. The third-order valence-corrected chi connectivity index (χ3v) is 4.25. The van der Waals surface area contributed by atoms with Crippen molar-refractivity contribution < 1.29 is 13.6 Å². The van der Waals surface area contributed by atoms with Crippen LogP contribution in [-0.4, -0.2) is 26.4 Å². The molecule has 5 nitrogen and oxygen atoms in total. The van der Waals surface area contributed by atoms with Gasteiger partial charge in [0.2, 0.25) is 5.91 Å². The highest BCUT2D eigenvalue weighted by Crippen LogP contribution is 2.38. The van der Waals surface area contributed by atoms with Crippen LogP contribution in [0.25, 0.3) is 0 Å². The lowest BCUT2D eigenvalue weighted by molar-refractivity contribution is -0.113. The topological polar surface area (TPSA) is 59.8 Å². The maximum atomic E-state index is 13.5. The Morgan fingerprint density at radius 1 is 1.36 bits per heavy atom. The summed E-state index contributed by atoms with van der Waals surface area (Å²) in [4.78, 5) is 11.9. The molecule has 1 amide bonds. The predicted molar refractivity (Wildman–Crippen MR) is 78.7 cm³/mol. The van der Waals surface area contributed by atoms with Crippen LogP contribution in [-0.2, 0) is 4.79 Å². The number of hydrogen-bond donors (Lipinski definition) is 1. The van der Waals surface area contributed by atoms with Gasteiger partial charge in [-0.15, -0.1) is 10.2 Å². The molecule has 0 unspecified atom stereocenters. The monoisotopic (exact) mass is 324 g/mol. The van der Waals surface area contributed by atoms with E-state index in [0.29, 0.717) is 11.2 Å². The molecular weight excluding hydrogens is 310 g/mol. The molecule has 1 aliphatic rings. The lowest BCUT2D eigenvalue weighted by atomic mass is 10.3. The zero-order valence-electron chi connectivity index (χ0n) is 11.8. The van der Waals surface area contributed by atoms with Gasteiger partial charge in [-0.25, -0.2) is 8.78 Å². The number of para-hydroxylation sites is 1. The van der Waals surface area contributed by atoms with Crippen LogP contribution in [0.3, 0.4) is 0 Å². The standard InChI is InChI=1S/C14H14F2N4OS/c1-8-18-19-14(20(8)9-5-6-9)22-7-12(21)17-13-10(15)3-2-4-11(13)16/h2-4,9H,5-7H2,1H3,(H,17,21). The van der Waals surface area contributed by atoms with E-state index in [-0.39, 0.29) is 5.75 Å². The van der Waals surface area contributed by atoms with Crippen LogP contribution < -0.4 is 5.32 Å². The van der Waals surface area contributed by atoms with Crippen molar-refractivity contribution in [3.63, 3.8) is 0 Å². The molecule has 1 aliphatic carbocycles. The van der Waals surface area contributed by atoms with E-state index in [9.17, 15) is 13.6 Å². The molecule has 3 rings (SSSR count). The molecule has 0 aliphatic heterocycles. The molecule has 1 aromatic carbocycles. The summed E-state index contributed by atoms with van der Waals surface area (Å²) >= 11 is 1.21. The molecule has 0 radical (unpaired) electrons. The highest BCUT2D eigenvalue weighted by Gasteiger charge is 2.28. The van der Waals surface area contributed by atoms with E-state index in [2.05, 4.69) is 15.5 Å². The molecule has 0 atom stereocenters. The molecule has 0 saturated heterocycles. The van der Waals surface area contributed by atoms with Crippen molar-refractivity contribution in [2.24, 2.45) is 0 Å². The van der Waals surface area contributed by atoms with Gasteiger partial charge < -0.3 is 9.88 Å². The number of carbonyl (C=O) groups is 1. The molecule has 2 aromatic rings. The Labute approximate surface area is 130 Å². The molecule has 1 N–H and O–H groups in total. The third-order valence-electron chi connectivity index (χ3n) is 3.31. The zero-order chi connectivity index (χ0) is 15.7. The van der Waals surface area contributed by atoms with Crippen molar-refractivity contribution in [2.45, 2.75) is 31.0 Å². The molecule has 22 heavy (non-hydrogen) atoms. The van der Waals surface area contributed by atoms with Crippen molar-refractivity contribution >= 4 is 23.4 Å². The second-order valence-corrected chi connectivity index (χ2v) is 6.01. The fourth-order valence-corrected chi connectivity index (χ4v) is 2.98. The van der Waals surface area contributed by atoms with E-state index in [4.69, 9.17) is 0 Å². The lowest BCUT2D eigenvalue weighted by Gasteiger charge is -2.08. The molecule has 1 heterocycles. The van der Waals surface area contributed by atoms with Crippen LogP contribution in [0.2, 0.25) is 0 Å². The third kappa shape index (κ3) is 3.11. The maximum Gasteiger partial charge on any atom is 0.235 e. The number of halogens is 2. The van der Waals surface area contributed by atoms with Gasteiger partial charge in [0.1, 0.15) is 23.1 Å². The van der Waals surface area contributed by atoms with E-state index < -0.39 is 23.2 Å². The average Bonchev–Trinajstić information content (AvgIpc) is 3.24. The normalized spacial score (nSPS) is 14.1. The Morgan fingerprint density at radius 3 is 2.68 bits per heavy atom. The van der Waals surface area contributed by atoms with Crippen LogP contribution in [0.5, 0.6) is 0 Å². The first-order valence-corrected chi connectivity index (χ1v) is 7.83. The van der Waals surface area contributed by atoms with Gasteiger partial charge in [0.15, 0.2) is 5.16 Å². The summed E-state index contributed by atoms with van der Waals surface area (Å²) in [5.41, 5.74) is -0.423. The Hall–Kier alpha value is -1.96. The number of benzene rings is 1. The highest BCUT2D eigenvalue weighted by atomic mass is 32.2. The summed E-state index contributed by atoms with van der Waals surface area (Å²) in [6, 6.07) is 3.85. The quantitative estimate of drug-likeness (QED) is 0.859. The van der Waals surface area contributed by atoms with E-state index in [1.54, 1.807) is 0 Å². The molecule has 0 spiro atoms. The summed E-state index contributed by atoms with van der Waals surface area (Å²) in [6.07, 6.45) is 2.16. The van der Waals surface area contributed by atoms with Gasteiger partial charge in [0.05, 0.1) is 5.75 Å².